The fourth-order valence-corrected chi connectivity index (χ4v) is 9.41. The van der Waals surface area contributed by atoms with Gasteiger partial charge in [-0.05, 0) is 25.7 Å². The van der Waals surface area contributed by atoms with E-state index in [-0.39, 0.29) is 18.5 Å². The Morgan fingerprint density at radius 2 is 0.641 bits per heavy atom. The summed E-state index contributed by atoms with van der Waals surface area (Å²) in [5.41, 5.74) is 0. The molecule has 0 aromatic carbocycles. The van der Waals surface area contributed by atoms with Gasteiger partial charge in [0.25, 0.3) is 0 Å². The van der Waals surface area contributed by atoms with Crippen molar-refractivity contribution in [1.82, 2.24) is 5.32 Å². The normalized spacial score (nSPS) is 12.5. The van der Waals surface area contributed by atoms with Crippen molar-refractivity contribution in [3.05, 3.63) is 0 Å². The summed E-state index contributed by atoms with van der Waals surface area (Å²) < 4.78 is 5.45. The predicted molar refractivity (Wildman–Crippen MR) is 278 cm³/mol. The van der Waals surface area contributed by atoms with Gasteiger partial charge in [-0.3, -0.25) is 9.59 Å². The van der Waals surface area contributed by atoms with Crippen molar-refractivity contribution in [3.8, 4) is 0 Å². The molecule has 0 heterocycles. The third kappa shape index (κ3) is 50.3. The molecule has 0 aliphatic carbocycles. The first-order valence-electron chi connectivity index (χ1n) is 29.3. The first kappa shape index (κ1) is 62.9. The van der Waals surface area contributed by atoms with Gasteiger partial charge in [-0.15, -0.1) is 0 Å². The second-order valence-corrected chi connectivity index (χ2v) is 20.3. The van der Waals surface area contributed by atoms with Crippen molar-refractivity contribution in [1.29, 1.82) is 0 Å². The van der Waals surface area contributed by atoms with Crippen LogP contribution in [-0.4, -0.2) is 47.4 Å². The molecule has 0 radical (unpaired) electrons. The lowest BCUT2D eigenvalue weighted by Crippen LogP contribution is -2.45. The number of carbonyl (C=O) groups excluding carboxylic acids is 2. The van der Waals surface area contributed by atoms with Crippen molar-refractivity contribution in [3.63, 3.8) is 0 Å². The van der Waals surface area contributed by atoms with Gasteiger partial charge in [0.05, 0.1) is 25.4 Å². The standard InChI is InChI=1S/C58H115NO5/c1-3-5-7-9-11-13-15-17-18-19-20-21-22-23-24-25-26-27-28-29-30-34-38-42-46-50-56(61)55(54-60)59-57(62)51-47-43-39-35-32-33-37-41-45-49-53-64-58(63)52-48-44-40-36-31-16-14-12-10-8-6-4-2/h55-56,60-61H,3-54H2,1-2H3,(H,59,62). The molecule has 382 valence electrons. The minimum absolute atomic E-state index is 0.0165. The van der Waals surface area contributed by atoms with E-state index < -0.39 is 12.1 Å². The minimum atomic E-state index is -0.678. The van der Waals surface area contributed by atoms with E-state index in [9.17, 15) is 19.8 Å². The van der Waals surface area contributed by atoms with Crippen LogP contribution in [0.15, 0.2) is 0 Å². The largest absolute Gasteiger partial charge is 0.466 e. The van der Waals surface area contributed by atoms with Crippen LogP contribution in [0, 0.1) is 0 Å². The molecule has 64 heavy (non-hydrogen) atoms. The van der Waals surface area contributed by atoms with Crippen molar-refractivity contribution in [2.75, 3.05) is 13.2 Å². The Bertz CT molecular complexity index is 913. The van der Waals surface area contributed by atoms with Crippen LogP contribution in [0.3, 0.4) is 0 Å². The molecule has 0 aliphatic rings. The molecule has 0 aliphatic heterocycles. The summed E-state index contributed by atoms with van der Waals surface area (Å²) in [6.07, 6.45) is 62.4. The maximum atomic E-state index is 12.5. The molecule has 0 saturated heterocycles. The molecule has 0 bridgehead atoms. The minimum Gasteiger partial charge on any atom is -0.466 e. The van der Waals surface area contributed by atoms with Gasteiger partial charge in [-0.25, -0.2) is 0 Å². The number of aliphatic hydroxyl groups is 2. The highest BCUT2D eigenvalue weighted by atomic mass is 16.5. The quantitative estimate of drug-likeness (QED) is 0.0417. The molecular formula is C58H115NO5. The van der Waals surface area contributed by atoms with Crippen LogP contribution in [-0.2, 0) is 14.3 Å². The topological polar surface area (TPSA) is 95.9 Å². The Morgan fingerprint density at radius 3 is 0.953 bits per heavy atom. The summed E-state index contributed by atoms with van der Waals surface area (Å²) in [5.74, 6) is -0.0693. The van der Waals surface area contributed by atoms with E-state index in [0.29, 0.717) is 25.9 Å². The van der Waals surface area contributed by atoms with Crippen molar-refractivity contribution in [2.45, 2.75) is 347 Å². The molecular weight excluding hydrogens is 791 g/mol. The number of carbonyl (C=O) groups is 2. The summed E-state index contributed by atoms with van der Waals surface area (Å²) in [6.45, 7) is 4.93. The zero-order valence-electron chi connectivity index (χ0n) is 43.5. The van der Waals surface area contributed by atoms with Crippen LogP contribution in [0.5, 0.6) is 0 Å². The number of unbranched alkanes of at least 4 members (excludes halogenated alkanes) is 44. The van der Waals surface area contributed by atoms with Crippen molar-refractivity contribution < 1.29 is 24.5 Å². The van der Waals surface area contributed by atoms with Gasteiger partial charge < -0.3 is 20.3 Å². The van der Waals surface area contributed by atoms with Gasteiger partial charge in [-0.1, -0.05) is 296 Å². The van der Waals surface area contributed by atoms with E-state index in [2.05, 4.69) is 19.2 Å². The lowest BCUT2D eigenvalue weighted by Gasteiger charge is -2.22. The van der Waals surface area contributed by atoms with Crippen LogP contribution in [0.2, 0.25) is 0 Å². The zero-order chi connectivity index (χ0) is 46.5. The Labute approximate surface area is 400 Å². The predicted octanol–water partition coefficient (Wildman–Crippen LogP) is 17.9. The maximum absolute atomic E-state index is 12.5. The SMILES string of the molecule is CCCCCCCCCCCCCCCCCCCCCCCCCCCC(O)C(CO)NC(=O)CCCCCCCCCCCCOC(=O)CCCCCCCCCCCCCC. The second kappa shape index (κ2) is 54.5. The summed E-state index contributed by atoms with van der Waals surface area (Å²) in [5, 5.41) is 23.3. The fourth-order valence-electron chi connectivity index (χ4n) is 9.41. The summed E-state index contributed by atoms with van der Waals surface area (Å²) in [4.78, 5) is 24.5. The molecule has 2 unspecified atom stereocenters. The highest BCUT2D eigenvalue weighted by molar-refractivity contribution is 5.76. The molecule has 2 atom stereocenters. The van der Waals surface area contributed by atoms with Gasteiger partial charge in [-0.2, -0.15) is 0 Å². The summed E-state index contributed by atoms with van der Waals surface area (Å²) in [7, 11) is 0. The van der Waals surface area contributed by atoms with Gasteiger partial charge in [0.1, 0.15) is 0 Å². The average molecular weight is 907 g/mol. The Balaban J connectivity index is 3.44. The van der Waals surface area contributed by atoms with E-state index in [4.69, 9.17) is 4.74 Å². The highest BCUT2D eigenvalue weighted by Crippen LogP contribution is 2.18. The van der Waals surface area contributed by atoms with Crippen LogP contribution >= 0.6 is 0 Å². The molecule has 1 amide bonds. The zero-order valence-corrected chi connectivity index (χ0v) is 43.5. The van der Waals surface area contributed by atoms with Crippen LogP contribution in [0.25, 0.3) is 0 Å². The van der Waals surface area contributed by atoms with Gasteiger partial charge in [0.2, 0.25) is 5.91 Å². The Morgan fingerprint density at radius 1 is 0.375 bits per heavy atom. The van der Waals surface area contributed by atoms with Crippen LogP contribution in [0.4, 0.5) is 0 Å². The number of aliphatic hydroxyl groups excluding tert-OH is 2. The smallest absolute Gasteiger partial charge is 0.305 e. The molecule has 6 heteroatoms. The molecule has 0 saturated carbocycles. The van der Waals surface area contributed by atoms with Gasteiger partial charge in [0.15, 0.2) is 0 Å². The van der Waals surface area contributed by atoms with Crippen molar-refractivity contribution in [2.24, 2.45) is 0 Å². The van der Waals surface area contributed by atoms with E-state index in [1.165, 1.54) is 244 Å². The number of ether oxygens (including phenoxy) is 1. The third-order valence-electron chi connectivity index (χ3n) is 13.9. The number of nitrogens with one attached hydrogen (secondary N) is 1. The molecule has 0 rings (SSSR count). The third-order valence-corrected chi connectivity index (χ3v) is 13.9. The molecule has 0 fully saturated rings. The van der Waals surface area contributed by atoms with Crippen LogP contribution in [0.1, 0.15) is 335 Å². The number of esters is 1. The molecule has 6 nitrogen and oxygen atoms in total. The van der Waals surface area contributed by atoms with E-state index in [0.717, 1.165) is 57.8 Å². The van der Waals surface area contributed by atoms with Gasteiger partial charge in [0, 0.05) is 12.8 Å². The number of hydrogen-bond acceptors (Lipinski definition) is 5. The lowest BCUT2D eigenvalue weighted by molar-refractivity contribution is -0.143. The Hall–Kier alpha value is -1.14. The highest BCUT2D eigenvalue weighted by Gasteiger charge is 2.20. The number of hydrogen-bond donors (Lipinski definition) is 3. The van der Waals surface area contributed by atoms with Crippen LogP contribution < -0.4 is 5.32 Å². The first-order chi connectivity index (χ1) is 31.5. The number of amides is 1. The van der Waals surface area contributed by atoms with E-state index in [1.54, 1.807) is 0 Å². The first-order valence-corrected chi connectivity index (χ1v) is 29.3. The fraction of sp³-hybridized carbons (Fsp3) is 0.966. The molecule has 3 N–H and O–H groups in total. The molecule has 0 aromatic heterocycles. The maximum Gasteiger partial charge on any atom is 0.305 e. The summed E-state index contributed by atoms with van der Waals surface area (Å²) in [6, 6.07) is -0.557. The number of rotatable bonds is 55. The van der Waals surface area contributed by atoms with E-state index >= 15 is 0 Å². The molecule has 0 aromatic rings. The average Bonchev–Trinajstić information content (AvgIpc) is 3.29. The van der Waals surface area contributed by atoms with E-state index in [1.807, 2.05) is 0 Å². The monoisotopic (exact) mass is 906 g/mol. The summed E-state index contributed by atoms with van der Waals surface area (Å²) >= 11 is 0. The van der Waals surface area contributed by atoms with Crippen molar-refractivity contribution >= 4 is 11.9 Å². The van der Waals surface area contributed by atoms with Gasteiger partial charge >= 0.3 is 5.97 Å². The lowest BCUT2D eigenvalue weighted by atomic mass is 10.0. The Kier molecular flexibility index (Phi) is 53.5. The second-order valence-electron chi connectivity index (χ2n) is 20.3. The molecule has 0 spiro atoms.